The van der Waals surface area contributed by atoms with Gasteiger partial charge < -0.3 is 4.90 Å². The molecule has 1 aromatic heterocycles. The van der Waals surface area contributed by atoms with Crippen LogP contribution in [0.4, 0.5) is 4.39 Å². The number of hydrogen-bond acceptors (Lipinski definition) is 4. The second-order valence-electron chi connectivity index (χ2n) is 9.71. The van der Waals surface area contributed by atoms with Crippen LogP contribution in [-0.4, -0.2) is 52.2 Å². The van der Waals surface area contributed by atoms with Crippen molar-refractivity contribution in [3.05, 3.63) is 64.2 Å². The van der Waals surface area contributed by atoms with Crippen molar-refractivity contribution in [3.63, 3.8) is 0 Å². The second-order valence-corrected chi connectivity index (χ2v) is 9.71. The van der Waals surface area contributed by atoms with Crippen LogP contribution in [0, 0.1) is 25.6 Å². The van der Waals surface area contributed by atoms with E-state index < -0.39 is 0 Å². The third-order valence-corrected chi connectivity index (χ3v) is 7.21. The fourth-order valence-corrected chi connectivity index (χ4v) is 5.26. The van der Waals surface area contributed by atoms with Gasteiger partial charge in [0.05, 0.1) is 0 Å². The van der Waals surface area contributed by atoms with E-state index in [-0.39, 0.29) is 30.0 Å². The Morgan fingerprint density at radius 3 is 2.52 bits per heavy atom. The normalized spacial score (nSPS) is 19.8. The first kappa shape index (κ1) is 23.6. The largest absolute Gasteiger partial charge is 0.337 e. The lowest BCUT2D eigenvalue weighted by Crippen LogP contribution is -2.54. The highest BCUT2D eigenvalue weighted by atomic mass is 19.1. The summed E-state index contributed by atoms with van der Waals surface area (Å²) in [4.78, 5) is 34.3. The molecule has 0 radical (unpaired) electrons. The molecule has 4 rings (SSSR count). The molecule has 1 amide bonds. The average Bonchev–Trinajstić information content (AvgIpc) is 3.31. The number of aryl methyl sites for hydroxylation is 1. The molecule has 1 aliphatic heterocycles. The van der Waals surface area contributed by atoms with Crippen LogP contribution < -0.4 is 0 Å². The molecule has 176 valence electrons. The number of piperazine rings is 1. The molecule has 2 fully saturated rings. The van der Waals surface area contributed by atoms with Gasteiger partial charge in [0.1, 0.15) is 11.5 Å². The zero-order valence-electron chi connectivity index (χ0n) is 19.9. The molecule has 0 unspecified atom stereocenters. The lowest BCUT2D eigenvalue weighted by molar-refractivity contribution is -0.140. The molecule has 0 bridgehead atoms. The highest BCUT2D eigenvalue weighted by Gasteiger charge is 2.33. The van der Waals surface area contributed by atoms with E-state index in [1.165, 1.54) is 6.07 Å². The van der Waals surface area contributed by atoms with Crippen molar-refractivity contribution in [1.29, 1.82) is 0 Å². The van der Waals surface area contributed by atoms with Crippen molar-refractivity contribution in [3.8, 4) is 0 Å². The van der Waals surface area contributed by atoms with Gasteiger partial charge in [-0.1, -0.05) is 18.9 Å². The van der Waals surface area contributed by atoms with E-state index in [0.29, 0.717) is 23.7 Å². The maximum atomic E-state index is 14.5. The summed E-state index contributed by atoms with van der Waals surface area (Å²) in [7, 11) is 0. The summed E-state index contributed by atoms with van der Waals surface area (Å²) >= 11 is 0. The van der Waals surface area contributed by atoms with Crippen LogP contribution in [0.3, 0.4) is 0 Å². The topological polar surface area (TPSA) is 53.5 Å². The van der Waals surface area contributed by atoms with Crippen molar-refractivity contribution in [2.45, 2.75) is 65.5 Å². The molecule has 1 atom stereocenters. The van der Waals surface area contributed by atoms with Gasteiger partial charge in [-0.2, -0.15) is 0 Å². The average molecular weight is 452 g/mol. The van der Waals surface area contributed by atoms with E-state index in [9.17, 15) is 14.0 Å². The van der Waals surface area contributed by atoms with Gasteiger partial charge in [-0.15, -0.1) is 0 Å². The Bertz CT molecular complexity index is 1030. The van der Waals surface area contributed by atoms with Gasteiger partial charge in [-0.3, -0.25) is 19.5 Å². The molecule has 6 heteroatoms. The monoisotopic (exact) mass is 451 g/mol. The summed E-state index contributed by atoms with van der Waals surface area (Å²) < 4.78 is 14.5. The maximum Gasteiger partial charge on any atom is 0.226 e. The first-order chi connectivity index (χ1) is 15.8. The van der Waals surface area contributed by atoms with Crippen LogP contribution in [0.2, 0.25) is 0 Å². The predicted octanol–water partition coefficient (Wildman–Crippen LogP) is 4.49. The highest BCUT2D eigenvalue weighted by molar-refractivity contribution is 5.96. The number of ketones is 1. The predicted molar refractivity (Wildman–Crippen MR) is 127 cm³/mol. The van der Waals surface area contributed by atoms with Crippen molar-refractivity contribution in [2.75, 3.05) is 19.6 Å². The Kier molecular flexibility index (Phi) is 7.23. The lowest BCUT2D eigenvalue weighted by atomic mass is 9.96. The quantitative estimate of drug-likeness (QED) is 0.608. The fourth-order valence-electron chi connectivity index (χ4n) is 5.26. The maximum absolute atomic E-state index is 14.5. The Labute approximate surface area is 196 Å². The van der Waals surface area contributed by atoms with Gasteiger partial charge in [-0.25, -0.2) is 4.39 Å². The minimum Gasteiger partial charge on any atom is -0.337 e. The van der Waals surface area contributed by atoms with E-state index in [1.807, 2.05) is 30.9 Å². The summed E-state index contributed by atoms with van der Waals surface area (Å²) in [5, 5.41) is 0. The Hall–Kier alpha value is -2.60. The van der Waals surface area contributed by atoms with Crippen molar-refractivity contribution in [1.82, 2.24) is 14.8 Å². The van der Waals surface area contributed by atoms with Gasteiger partial charge in [-0.05, 0) is 74.6 Å². The number of rotatable bonds is 6. The third kappa shape index (κ3) is 5.49. The minimum atomic E-state index is -0.321. The van der Waals surface area contributed by atoms with Crippen molar-refractivity contribution in [2.24, 2.45) is 5.92 Å². The molecule has 1 saturated carbocycles. The van der Waals surface area contributed by atoms with Gasteiger partial charge >= 0.3 is 0 Å². The molecule has 5 nitrogen and oxygen atoms in total. The molecule has 1 aliphatic carbocycles. The molecule has 0 spiro atoms. The zero-order valence-corrected chi connectivity index (χ0v) is 19.9. The van der Waals surface area contributed by atoms with Gasteiger partial charge in [0.2, 0.25) is 5.91 Å². The van der Waals surface area contributed by atoms with Gasteiger partial charge in [0.25, 0.3) is 0 Å². The van der Waals surface area contributed by atoms with Crippen LogP contribution >= 0.6 is 0 Å². The number of Topliss-reactive ketones (excluding diaryl/α,β-unsaturated/α-hetero) is 1. The van der Waals surface area contributed by atoms with Crippen LogP contribution in [0.25, 0.3) is 0 Å². The third-order valence-electron chi connectivity index (χ3n) is 7.21. The SMILES string of the molecule is Cc1cccc(C(=O)Cc2cc(F)cc(CN3CCN(C(=O)C4CCCC4)[C@@H](C)C3)c2C)n1. The van der Waals surface area contributed by atoms with E-state index in [1.54, 1.807) is 12.1 Å². The Balaban J connectivity index is 1.43. The number of carbonyl (C=O) groups is 2. The van der Waals surface area contributed by atoms with Crippen LogP contribution in [-0.2, 0) is 17.8 Å². The Morgan fingerprint density at radius 2 is 1.82 bits per heavy atom. The highest BCUT2D eigenvalue weighted by Crippen LogP contribution is 2.28. The van der Waals surface area contributed by atoms with E-state index in [4.69, 9.17) is 0 Å². The van der Waals surface area contributed by atoms with Crippen LogP contribution in [0.15, 0.2) is 30.3 Å². The molecule has 2 heterocycles. The minimum absolute atomic E-state index is 0.106. The number of pyridine rings is 1. The second kappa shape index (κ2) is 10.1. The van der Waals surface area contributed by atoms with E-state index in [2.05, 4.69) is 16.8 Å². The first-order valence-electron chi connectivity index (χ1n) is 12.1. The molecular formula is C27H34FN3O2. The Morgan fingerprint density at radius 1 is 1.09 bits per heavy atom. The summed E-state index contributed by atoms with van der Waals surface area (Å²) in [6.07, 6.45) is 4.50. The van der Waals surface area contributed by atoms with E-state index >= 15 is 0 Å². The number of aromatic nitrogens is 1. The molecule has 33 heavy (non-hydrogen) atoms. The zero-order chi connectivity index (χ0) is 23.5. The summed E-state index contributed by atoms with van der Waals surface area (Å²) in [5.41, 5.74) is 3.77. The van der Waals surface area contributed by atoms with E-state index in [0.717, 1.165) is 62.1 Å². The standard InChI is InChI=1S/C27H34FN3O2/c1-18-7-6-10-25(29-18)26(32)15-22-13-24(28)14-23(20(22)3)17-30-11-12-31(19(2)16-30)27(33)21-8-4-5-9-21/h6-7,10,13-14,19,21H,4-5,8-9,11-12,15-17H2,1-3H3/t19-/m0/s1. The number of carbonyl (C=O) groups excluding carboxylic acids is 2. The molecule has 2 aliphatic rings. The van der Waals surface area contributed by atoms with Gasteiger partial charge in [0.15, 0.2) is 5.78 Å². The molecular weight excluding hydrogens is 417 g/mol. The molecule has 1 aromatic carbocycles. The smallest absolute Gasteiger partial charge is 0.226 e. The molecule has 0 N–H and O–H groups in total. The summed E-state index contributed by atoms with van der Waals surface area (Å²) in [6, 6.07) is 8.57. The molecule has 2 aromatic rings. The number of amides is 1. The fraction of sp³-hybridized carbons (Fsp3) is 0.519. The van der Waals surface area contributed by atoms with Crippen LogP contribution in [0.5, 0.6) is 0 Å². The summed E-state index contributed by atoms with van der Waals surface area (Å²) in [6.45, 7) is 8.81. The number of hydrogen-bond donors (Lipinski definition) is 0. The number of benzene rings is 1. The van der Waals surface area contributed by atoms with Crippen molar-refractivity contribution >= 4 is 11.7 Å². The first-order valence-corrected chi connectivity index (χ1v) is 12.1. The summed E-state index contributed by atoms with van der Waals surface area (Å²) in [5.74, 6) is 0.0873. The lowest BCUT2D eigenvalue weighted by Gasteiger charge is -2.41. The number of halogens is 1. The van der Waals surface area contributed by atoms with Crippen LogP contribution in [0.1, 0.15) is 65.5 Å². The number of nitrogens with zero attached hydrogens (tertiary/aromatic N) is 3. The van der Waals surface area contributed by atoms with Crippen molar-refractivity contribution < 1.29 is 14.0 Å². The molecule has 1 saturated heterocycles. The van der Waals surface area contributed by atoms with Gasteiger partial charge in [0, 0.05) is 50.3 Å².